The number of benzene rings is 1. The highest BCUT2D eigenvalue weighted by molar-refractivity contribution is 6.06. The van der Waals surface area contributed by atoms with Crippen LogP contribution in [0, 0.1) is 0 Å². The van der Waals surface area contributed by atoms with Gasteiger partial charge in [0.15, 0.2) is 17.1 Å². The van der Waals surface area contributed by atoms with Crippen molar-refractivity contribution in [1.29, 1.82) is 0 Å². The van der Waals surface area contributed by atoms with Crippen molar-refractivity contribution in [2.45, 2.75) is 0 Å². The van der Waals surface area contributed by atoms with Gasteiger partial charge in [0.05, 0.1) is 18.1 Å². The second-order valence-electron chi connectivity index (χ2n) is 3.41. The summed E-state index contributed by atoms with van der Waals surface area (Å²) in [7, 11) is 1.16. The molecule has 0 fully saturated rings. The Kier molecular flexibility index (Phi) is 2.59. The summed E-state index contributed by atoms with van der Waals surface area (Å²) < 4.78 is 9.46. The summed E-state index contributed by atoms with van der Waals surface area (Å²) in [5.41, 5.74) is -1.74. The molecule has 3 N–H and O–H groups in total. The third kappa shape index (κ3) is 1.53. The lowest BCUT2D eigenvalue weighted by Gasteiger charge is -2.09. The smallest absolute Gasteiger partial charge is 0.382 e. The second-order valence-corrected chi connectivity index (χ2v) is 3.41. The monoisotopic (exact) mass is 252 g/mol. The molecule has 0 bridgehead atoms. The van der Waals surface area contributed by atoms with Crippen molar-refractivity contribution in [3.8, 4) is 17.2 Å². The zero-order valence-corrected chi connectivity index (χ0v) is 9.13. The maximum atomic E-state index is 11.3. The molecule has 0 unspecified atom stereocenters. The van der Waals surface area contributed by atoms with Gasteiger partial charge in [-0.1, -0.05) is 0 Å². The van der Waals surface area contributed by atoms with Gasteiger partial charge in [-0.3, -0.25) is 0 Å². The van der Waals surface area contributed by atoms with E-state index in [2.05, 4.69) is 4.42 Å². The van der Waals surface area contributed by atoms with Crippen LogP contribution in [0.4, 0.5) is 0 Å². The number of phenolic OH excluding ortho intramolecular Hbond substituents is 1. The number of ether oxygens (including phenoxy) is 1. The molecule has 7 heteroatoms. The third-order valence-corrected chi connectivity index (χ3v) is 2.40. The molecule has 0 amide bonds. The Morgan fingerprint density at radius 1 is 1.33 bits per heavy atom. The maximum Gasteiger partial charge on any atom is 0.382 e. The van der Waals surface area contributed by atoms with Crippen LogP contribution >= 0.6 is 0 Å². The second kappa shape index (κ2) is 3.95. The topological polar surface area (TPSA) is 117 Å². The highest BCUT2D eigenvalue weighted by Crippen LogP contribution is 2.37. The Bertz CT molecular complexity index is 699. The van der Waals surface area contributed by atoms with E-state index < -0.39 is 23.1 Å². The van der Waals surface area contributed by atoms with Crippen molar-refractivity contribution >= 4 is 16.9 Å². The first-order valence-electron chi connectivity index (χ1n) is 4.76. The van der Waals surface area contributed by atoms with Crippen LogP contribution in [-0.4, -0.2) is 28.4 Å². The van der Waals surface area contributed by atoms with Crippen LogP contribution < -0.4 is 10.4 Å². The number of carboxylic acid groups (broad SMARTS) is 1. The molecule has 0 aliphatic heterocycles. The van der Waals surface area contributed by atoms with Crippen molar-refractivity contribution < 1.29 is 29.3 Å². The number of phenols is 1. The van der Waals surface area contributed by atoms with E-state index in [0.717, 1.165) is 19.2 Å². The molecular formula is C11H8O7. The van der Waals surface area contributed by atoms with Crippen molar-refractivity contribution in [2.75, 3.05) is 7.11 Å². The normalized spacial score (nSPS) is 10.5. The molecular weight excluding hydrogens is 244 g/mol. The molecule has 94 valence electrons. The molecule has 2 aromatic rings. The lowest BCUT2D eigenvalue weighted by Crippen LogP contribution is -2.05. The fourth-order valence-electron chi connectivity index (χ4n) is 1.63. The predicted octanol–water partition coefficient (Wildman–Crippen LogP) is 0.911. The predicted molar refractivity (Wildman–Crippen MR) is 59.3 cm³/mol. The van der Waals surface area contributed by atoms with Crippen LogP contribution in [-0.2, 0) is 0 Å². The number of aromatic carboxylic acids is 1. The fraction of sp³-hybridized carbons (Fsp3) is 0.0909. The lowest BCUT2D eigenvalue weighted by atomic mass is 10.1. The summed E-state index contributed by atoms with van der Waals surface area (Å²) in [5.74, 6) is -2.94. The molecule has 0 atom stereocenters. The molecule has 0 aliphatic rings. The van der Waals surface area contributed by atoms with Gasteiger partial charge in [-0.15, -0.1) is 0 Å². The first-order valence-corrected chi connectivity index (χ1v) is 4.76. The summed E-state index contributed by atoms with van der Waals surface area (Å²) in [6, 6.07) is 2.19. The van der Waals surface area contributed by atoms with E-state index >= 15 is 0 Å². The Balaban J connectivity index is 3.09. The van der Waals surface area contributed by atoms with Gasteiger partial charge in [-0.25, -0.2) is 9.59 Å². The number of hydrogen-bond donors (Lipinski definition) is 3. The van der Waals surface area contributed by atoms with Crippen LogP contribution in [0.2, 0.25) is 0 Å². The first-order chi connectivity index (χ1) is 8.47. The minimum atomic E-state index is -1.31. The largest absolute Gasteiger partial charge is 0.504 e. The molecule has 0 aliphatic carbocycles. The van der Waals surface area contributed by atoms with E-state index in [1.807, 2.05) is 0 Å². The third-order valence-electron chi connectivity index (χ3n) is 2.40. The number of methoxy groups -OCH3 is 1. The zero-order valence-electron chi connectivity index (χ0n) is 9.13. The van der Waals surface area contributed by atoms with Gasteiger partial charge >= 0.3 is 11.6 Å². The van der Waals surface area contributed by atoms with Gasteiger partial charge in [0.25, 0.3) is 0 Å². The molecule has 0 radical (unpaired) electrons. The lowest BCUT2D eigenvalue weighted by molar-refractivity contribution is 0.0698. The van der Waals surface area contributed by atoms with Crippen LogP contribution in [0.3, 0.4) is 0 Å². The van der Waals surface area contributed by atoms with Crippen LogP contribution in [0.25, 0.3) is 11.0 Å². The number of fused-ring (bicyclic) bond motifs is 1. The van der Waals surface area contributed by atoms with E-state index in [1.165, 1.54) is 0 Å². The standard InChI is InChI=1S/C11H8O7/c1-17-9-6-4(10(14)15)2-3-5(12)8(6)18-11(16)7(9)13/h2-3,12-13H,1H3,(H,14,15). The van der Waals surface area contributed by atoms with Gasteiger partial charge in [0.1, 0.15) is 0 Å². The van der Waals surface area contributed by atoms with E-state index in [0.29, 0.717) is 0 Å². The van der Waals surface area contributed by atoms with E-state index in [4.69, 9.17) is 9.84 Å². The molecule has 2 rings (SSSR count). The van der Waals surface area contributed by atoms with Crippen LogP contribution in [0.5, 0.6) is 17.2 Å². The van der Waals surface area contributed by atoms with Gasteiger partial charge in [-0.2, -0.15) is 0 Å². The maximum absolute atomic E-state index is 11.3. The Morgan fingerprint density at radius 3 is 2.56 bits per heavy atom. The Labute approximate surface area is 99.5 Å². The summed E-state index contributed by atoms with van der Waals surface area (Å²) in [4.78, 5) is 22.3. The average molecular weight is 252 g/mol. The molecule has 1 aromatic heterocycles. The van der Waals surface area contributed by atoms with Crippen molar-refractivity contribution in [2.24, 2.45) is 0 Å². The first kappa shape index (κ1) is 11.8. The highest BCUT2D eigenvalue weighted by atomic mass is 16.5. The molecule has 1 aromatic carbocycles. The molecule has 7 nitrogen and oxygen atoms in total. The van der Waals surface area contributed by atoms with Crippen molar-refractivity contribution in [3.63, 3.8) is 0 Å². The minimum Gasteiger partial charge on any atom is -0.504 e. The van der Waals surface area contributed by atoms with E-state index in [9.17, 15) is 19.8 Å². The average Bonchev–Trinajstić information content (AvgIpc) is 2.32. The number of rotatable bonds is 2. The Hall–Kier alpha value is -2.70. The molecule has 18 heavy (non-hydrogen) atoms. The number of hydrogen-bond acceptors (Lipinski definition) is 6. The van der Waals surface area contributed by atoms with Crippen molar-refractivity contribution in [1.82, 2.24) is 0 Å². The SMILES string of the molecule is COc1c(O)c(=O)oc2c(O)ccc(C(=O)O)c12. The van der Waals surface area contributed by atoms with E-state index in [-0.39, 0.29) is 22.3 Å². The number of carboxylic acids is 1. The van der Waals surface area contributed by atoms with Gasteiger partial charge < -0.3 is 24.5 Å². The summed E-state index contributed by atoms with van der Waals surface area (Å²) in [5, 5.41) is 27.9. The molecule has 0 saturated carbocycles. The minimum absolute atomic E-state index is 0.179. The molecule has 1 heterocycles. The van der Waals surface area contributed by atoms with Crippen molar-refractivity contribution in [3.05, 3.63) is 28.1 Å². The van der Waals surface area contributed by atoms with Crippen LogP contribution in [0.1, 0.15) is 10.4 Å². The molecule has 0 spiro atoms. The van der Waals surface area contributed by atoms with Crippen LogP contribution in [0.15, 0.2) is 21.3 Å². The fourth-order valence-corrected chi connectivity index (χ4v) is 1.63. The van der Waals surface area contributed by atoms with E-state index in [1.54, 1.807) is 0 Å². The van der Waals surface area contributed by atoms with Gasteiger partial charge in [0.2, 0.25) is 5.75 Å². The summed E-state index contributed by atoms with van der Waals surface area (Å²) in [6.07, 6.45) is 0. The van der Waals surface area contributed by atoms with Gasteiger partial charge in [0, 0.05) is 0 Å². The number of aromatic hydroxyl groups is 2. The quantitative estimate of drug-likeness (QED) is 0.680. The zero-order chi connectivity index (χ0) is 13.4. The summed E-state index contributed by atoms with van der Waals surface area (Å²) in [6.45, 7) is 0. The summed E-state index contributed by atoms with van der Waals surface area (Å²) >= 11 is 0. The van der Waals surface area contributed by atoms with Gasteiger partial charge in [-0.05, 0) is 12.1 Å². The molecule has 0 saturated heterocycles. The highest BCUT2D eigenvalue weighted by Gasteiger charge is 2.22. The number of carbonyl (C=O) groups is 1. The Morgan fingerprint density at radius 2 is 2.00 bits per heavy atom.